The van der Waals surface area contributed by atoms with Crippen molar-refractivity contribution in [2.45, 2.75) is 48.5 Å². The average Bonchev–Trinajstić information content (AvgIpc) is 2.72. The van der Waals surface area contributed by atoms with Gasteiger partial charge in [-0.25, -0.2) is 0 Å². The minimum absolute atomic E-state index is 1.23. The number of rotatable bonds is 0. The van der Waals surface area contributed by atoms with Crippen LogP contribution in [0.5, 0.6) is 0 Å². The maximum Gasteiger partial charge on any atom is 0.0107 e. The first-order chi connectivity index (χ1) is 13.0. The Labute approximate surface area is 170 Å². The van der Waals surface area contributed by atoms with Gasteiger partial charge < -0.3 is 9.80 Å². The Hall–Kier alpha value is -2.18. The van der Waals surface area contributed by atoms with Crippen LogP contribution in [0.15, 0.2) is 30.3 Å². The summed E-state index contributed by atoms with van der Waals surface area (Å²) < 4.78 is 0. The van der Waals surface area contributed by atoms with E-state index in [2.05, 4.69) is 78.5 Å². The Bertz CT molecular complexity index is 544. The molecule has 0 N–H and O–H groups in total. The van der Waals surface area contributed by atoms with Crippen molar-refractivity contribution in [2.75, 3.05) is 40.3 Å². The fourth-order valence-corrected chi connectivity index (χ4v) is 1.57. The molecule has 1 heterocycles. The van der Waals surface area contributed by atoms with Crippen molar-refractivity contribution in [1.29, 1.82) is 0 Å². The van der Waals surface area contributed by atoms with E-state index < -0.39 is 0 Å². The Morgan fingerprint density at radius 2 is 0.963 bits per heavy atom. The van der Waals surface area contributed by atoms with Crippen molar-refractivity contribution in [3.8, 4) is 35.5 Å². The van der Waals surface area contributed by atoms with Crippen LogP contribution in [0.2, 0.25) is 0 Å². The molecule has 2 nitrogen and oxygen atoms in total. The molecule has 0 bridgehead atoms. The molecule has 150 valence electrons. The summed E-state index contributed by atoms with van der Waals surface area (Å²) in [5.41, 5.74) is 1.32. The quantitative estimate of drug-likeness (QED) is 0.598. The van der Waals surface area contributed by atoms with E-state index in [0.717, 1.165) is 0 Å². The Morgan fingerprint density at radius 3 is 1.15 bits per heavy atom. The Balaban J connectivity index is -0.000000283. The molecule has 1 aliphatic rings. The molecule has 2 heteroatoms. The Kier molecular flexibility index (Phi) is 28.5. The molecule has 0 atom stereocenters. The third-order valence-corrected chi connectivity index (χ3v) is 3.23. The highest BCUT2D eigenvalue weighted by molar-refractivity contribution is 5.23. The zero-order valence-electron chi connectivity index (χ0n) is 19.1. The van der Waals surface area contributed by atoms with Gasteiger partial charge in [0.15, 0.2) is 0 Å². The summed E-state index contributed by atoms with van der Waals surface area (Å²) in [6, 6.07) is 10.3. The molecule has 27 heavy (non-hydrogen) atoms. The summed E-state index contributed by atoms with van der Waals surface area (Å²) in [6.07, 6.45) is 0. The molecular weight excluding hydrogens is 328 g/mol. The number of hydrogen-bond acceptors (Lipinski definition) is 2. The van der Waals surface area contributed by atoms with Gasteiger partial charge in [-0.1, -0.05) is 61.6 Å². The molecule has 0 saturated carbocycles. The maximum absolute atomic E-state index is 2.68. The maximum atomic E-state index is 2.68. The van der Waals surface area contributed by atoms with Crippen LogP contribution in [-0.4, -0.2) is 50.1 Å². The first-order valence-corrected chi connectivity index (χ1v) is 9.57. The summed E-state index contributed by atoms with van der Waals surface area (Å²) >= 11 is 0. The number of aryl methyl sites for hydroxylation is 1. The normalized spacial score (nSPS) is 11.6. The molecule has 0 amide bonds. The molecule has 1 saturated heterocycles. The second-order valence-electron chi connectivity index (χ2n) is 5.51. The van der Waals surface area contributed by atoms with Gasteiger partial charge in [0.25, 0.3) is 0 Å². The predicted octanol–water partition coefficient (Wildman–Crippen LogP) is 4.95. The molecule has 1 aliphatic heterocycles. The fourth-order valence-electron chi connectivity index (χ4n) is 1.57. The van der Waals surface area contributed by atoms with E-state index in [1.165, 1.54) is 31.7 Å². The molecule has 0 aliphatic carbocycles. The number of piperazine rings is 1. The van der Waals surface area contributed by atoms with Crippen molar-refractivity contribution >= 4 is 0 Å². The second kappa shape index (κ2) is 26.1. The summed E-state index contributed by atoms with van der Waals surface area (Å²) in [5, 5.41) is 0. The number of nitrogens with zero attached hydrogens (tertiary/aromatic N) is 2. The molecule has 1 aromatic rings. The van der Waals surface area contributed by atoms with Crippen molar-refractivity contribution < 1.29 is 0 Å². The highest BCUT2D eigenvalue weighted by atomic mass is 15.2. The molecule has 1 aromatic carbocycles. The van der Waals surface area contributed by atoms with E-state index in [1.807, 2.05) is 45.9 Å². The third kappa shape index (κ3) is 28.9. The summed E-state index contributed by atoms with van der Waals surface area (Å²) in [4.78, 5) is 4.72. The monoisotopic (exact) mass is 368 g/mol. The minimum atomic E-state index is 1.23. The van der Waals surface area contributed by atoms with Gasteiger partial charge in [-0.2, -0.15) is 0 Å². The lowest BCUT2D eigenvalue weighted by molar-refractivity contribution is 0.181. The molecule has 2 rings (SSSR count). The van der Waals surface area contributed by atoms with Crippen molar-refractivity contribution in [2.24, 2.45) is 0 Å². The largest absolute Gasteiger partial charge is 0.304 e. The van der Waals surface area contributed by atoms with Crippen LogP contribution in [0.3, 0.4) is 0 Å². The van der Waals surface area contributed by atoms with E-state index in [0.29, 0.717) is 0 Å². The van der Waals surface area contributed by atoms with Gasteiger partial charge in [0.05, 0.1) is 0 Å². The molecule has 0 radical (unpaired) electrons. The number of likely N-dealkylation sites (N-methyl/N-ethyl adjacent to an activating group) is 2. The second-order valence-corrected chi connectivity index (χ2v) is 5.51. The zero-order chi connectivity index (χ0) is 21.3. The smallest absolute Gasteiger partial charge is 0.0107 e. The van der Waals surface area contributed by atoms with E-state index in [4.69, 9.17) is 0 Å². The van der Waals surface area contributed by atoms with E-state index >= 15 is 0 Å². The van der Waals surface area contributed by atoms with Crippen LogP contribution < -0.4 is 0 Å². The lowest BCUT2D eigenvalue weighted by atomic mass is 10.2. The minimum Gasteiger partial charge on any atom is -0.304 e. The van der Waals surface area contributed by atoms with Crippen molar-refractivity contribution in [3.05, 3.63) is 35.9 Å². The number of hydrogen-bond donors (Lipinski definition) is 0. The van der Waals surface area contributed by atoms with Crippen molar-refractivity contribution in [3.63, 3.8) is 0 Å². The van der Waals surface area contributed by atoms with Gasteiger partial charge in [0, 0.05) is 26.2 Å². The molecule has 0 unspecified atom stereocenters. The predicted molar refractivity (Wildman–Crippen MR) is 124 cm³/mol. The lowest BCUT2D eigenvalue weighted by Gasteiger charge is -2.28. The molecule has 0 aromatic heterocycles. The van der Waals surface area contributed by atoms with Crippen LogP contribution in [0.1, 0.15) is 47.1 Å². The van der Waals surface area contributed by atoms with Crippen molar-refractivity contribution in [1.82, 2.24) is 9.80 Å². The summed E-state index contributed by atoms with van der Waals surface area (Å²) in [6.45, 7) is 18.2. The highest BCUT2D eigenvalue weighted by Gasteiger charge is 2.07. The van der Waals surface area contributed by atoms with E-state index in [1.54, 1.807) is 13.8 Å². The average molecular weight is 369 g/mol. The standard InChI is InChI=1S/C7H8.C6H14N2.C6H6.C4H6.C2H6/c1-7-5-3-2-4-6-7;1-7-3-5-8(2)6-4-7;1-3-5-6-4-2;1-3-4-2;1-2/h2-6H,1H3;3-6H2,1-2H3;1-2H3;1-2H3;1-2H3. The molecular formula is C25H40N2. The Morgan fingerprint density at radius 1 is 0.630 bits per heavy atom. The van der Waals surface area contributed by atoms with E-state index in [9.17, 15) is 0 Å². The zero-order valence-corrected chi connectivity index (χ0v) is 19.1. The van der Waals surface area contributed by atoms with Gasteiger partial charge in [-0.15, -0.1) is 11.8 Å². The van der Waals surface area contributed by atoms with Gasteiger partial charge in [0.1, 0.15) is 0 Å². The van der Waals surface area contributed by atoms with Crippen LogP contribution in [0, 0.1) is 42.4 Å². The fraction of sp³-hybridized carbons (Fsp3) is 0.520. The van der Waals surface area contributed by atoms with Gasteiger partial charge >= 0.3 is 0 Å². The summed E-state index contributed by atoms with van der Waals surface area (Å²) in [7, 11) is 4.35. The first kappa shape index (κ1) is 29.6. The van der Waals surface area contributed by atoms with Gasteiger partial charge in [-0.3, -0.25) is 0 Å². The first-order valence-electron chi connectivity index (χ1n) is 9.57. The van der Waals surface area contributed by atoms with E-state index in [-0.39, 0.29) is 0 Å². The van der Waals surface area contributed by atoms with Crippen LogP contribution >= 0.6 is 0 Å². The van der Waals surface area contributed by atoms with Crippen LogP contribution in [0.4, 0.5) is 0 Å². The highest BCUT2D eigenvalue weighted by Crippen LogP contribution is 1.93. The van der Waals surface area contributed by atoms with Gasteiger partial charge in [0.2, 0.25) is 0 Å². The third-order valence-electron chi connectivity index (χ3n) is 3.23. The van der Waals surface area contributed by atoms with Crippen LogP contribution in [-0.2, 0) is 0 Å². The molecule has 1 fully saturated rings. The van der Waals surface area contributed by atoms with Gasteiger partial charge in [-0.05, 0) is 60.6 Å². The summed E-state index contributed by atoms with van der Waals surface area (Å²) in [5.74, 6) is 15.8. The van der Waals surface area contributed by atoms with Crippen LogP contribution in [0.25, 0.3) is 0 Å². The SMILES string of the molecule is CC.CC#CC.CC#CC#CC.CN1CCN(C)CC1.Cc1ccccc1. The number of benzene rings is 1. The topological polar surface area (TPSA) is 6.48 Å². The lowest BCUT2D eigenvalue weighted by Crippen LogP contribution is -2.42. The molecule has 0 spiro atoms.